The first kappa shape index (κ1) is 20.7. The van der Waals surface area contributed by atoms with Gasteiger partial charge >= 0.3 is 5.97 Å². The number of benzene rings is 1. The van der Waals surface area contributed by atoms with Crippen LogP contribution in [0.25, 0.3) is 0 Å². The number of hydrogen-bond donors (Lipinski definition) is 1. The second-order valence-electron chi connectivity index (χ2n) is 7.61. The second kappa shape index (κ2) is 9.08. The molecule has 2 heterocycles. The molecule has 2 aliphatic rings. The molecule has 1 aliphatic heterocycles. The highest BCUT2D eigenvalue weighted by Gasteiger charge is 2.30. The Balaban J connectivity index is 1.62. The molecular weight excluding hydrogens is 402 g/mol. The summed E-state index contributed by atoms with van der Waals surface area (Å²) in [5.41, 5.74) is 2.03. The van der Waals surface area contributed by atoms with Gasteiger partial charge in [-0.15, -0.1) is 11.3 Å². The van der Waals surface area contributed by atoms with Crippen molar-refractivity contribution in [1.29, 1.82) is 0 Å². The van der Waals surface area contributed by atoms with Crippen molar-refractivity contribution < 1.29 is 23.8 Å². The lowest BCUT2D eigenvalue weighted by Crippen LogP contribution is -2.17. The molecule has 0 unspecified atom stereocenters. The summed E-state index contributed by atoms with van der Waals surface area (Å²) in [6, 6.07) is 5.17. The van der Waals surface area contributed by atoms with Crippen LogP contribution in [0.1, 0.15) is 64.3 Å². The van der Waals surface area contributed by atoms with Crippen LogP contribution in [0, 0.1) is 5.92 Å². The van der Waals surface area contributed by atoms with Gasteiger partial charge in [0.25, 0.3) is 5.91 Å². The van der Waals surface area contributed by atoms with Crippen LogP contribution >= 0.6 is 11.3 Å². The van der Waals surface area contributed by atoms with Crippen LogP contribution in [0.5, 0.6) is 11.5 Å². The predicted octanol–water partition coefficient (Wildman–Crippen LogP) is 4.85. The normalized spacial score (nSPS) is 17.6. The van der Waals surface area contributed by atoms with E-state index in [4.69, 9.17) is 14.2 Å². The summed E-state index contributed by atoms with van der Waals surface area (Å²) in [5, 5.41) is 3.54. The number of anilines is 1. The Morgan fingerprint density at radius 3 is 2.77 bits per heavy atom. The molecule has 1 N–H and O–H groups in total. The van der Waals surface area contributed by atoms with Crippen LogP contribution in [0.4, 0.5) is 5.00 Å². The van der Waals surface area contributed by atoms with Gasteiger partial charge in [0.15, 0.2) is 11.5 Å². The maximum Gasteiger partial charge on any atom is 0.341 e. The number of thiophene rings is 1. The number of fused-ring (bicyclic) bond motifs is 2. The van der Waals surface area contributed by atoms with Crippen LogP contribution in [0.15, 0.2) is 18.2 Å². The van der Waals surface area contributed by atoms with Gasteiger partial charge in [-0.25, -0.2) is 4.79 Å². The average Bonchev–Trinajstić information content (AvgIpc) is 2.93. The number of nitrogens with one attached hydrogen (secondary N) is 1. The molecule has 0 radical (unpaired) electrons. The zero-order chi connectivity index (χ0) is 21.1. The van der Waals surface area contributed by atoms with Gasteiger partial charge < -0.3 is 19.5 Å². The fourth-order valence-electron chi connectivity index (χ4n) is 3.99. The number of rotatable bonds is 5. The van der Waals surface area contributed by atoms with E-state index < -0.39 is 0 Å². The zero-order valence-electron chi connectivity index (χ0n) is 17.4. The summed E-state index contributed by atoms with van der Waals surface area (Å²) < 4.78 is 16.6. The van der Waals surface area contributed by atoms with Crippen molar-refractivity contribution >= 4 is 28.2 Å². The number of carbonyl (C=O) groups is 2. The Kier molecular flexibility index (Phi) is 6.27. The molecule has 2 aromatic rings. The monoisotopic (exact) mass is 429 g/mol. The van der Waals surface area contributed by atoms with Crippen LogP contribution in [0.2, 0.25) is 0 Å². The van der Waals surface area contributed by atoms with E-state index in [2.05, 4.69) is 12.2 Å². The first-order chi connectivity index (χ1) is 14.6. The fourth-order valence-corrected chi connectivity index (χ4v) is 5.33. The first-order valence-electron chi connectivity index (χ1n) is 10.6. The number of esters is 1. The Bertz CT molecular complexity index is 951. The third kappa shape index (κ3) is 4.17. The van der Waals surface area contributed by atoms with E-state index in [0.29, 0.717) is 53.4 Å². The van der Waals surface area contributed by atoms with Gasteiger partial charge in [0.05, 0.1) is 25.4 Å². The number of carbonyl (C=O) groups excluding carboxylic acids is 2. The molecule has 0 fully saturated rings. The molecule has 0 saturated carbocycles. The third-order valence-corrected chi connectivity index (χ3v) is 6.83. The fraction of sp³-hybridized carbons (Fsp3) is 0.478. The highest BCUT2D eigenvalue weighted by molar-refractivity contribution is 7.17. The van der Waals surface area contributed by atoms with Crippen LogP contribution in [-0.4, -0.2) is 31.7 Å². The lowest BCUT2D eigenvalue weighted by Gasteiger charge is -2.20. The molecule has 6 nitrogen and oxygen atoms in total. The van der Waals surface area contributed by atoms with Gasteiger partial charge in [-0.2, -0.15) is 0 Å². The summed E-state index contributed by atoms with van der Waals surface area (Å²) in [7, 11) is 0. The van der Waals surface area contributed by atoms with Gasteiger partial charge in [0, 0.05) is 16.9 Å². The summed E-state index contributed by atoms with van der Waals surface area (Å²) in [6.07, 6.45) is 4.77. The lowest BCUT2D eigenvalue weighted by atomic mass is 9.85. The SMILES string of the molecule is CCOC(=O)c1c(NC(=O)c2ccc3c(c2)OCCCO3)sc2c1CC[C@@H](CC)C2. The Hall–Kier alpha value is -2.54. The maximum atomic E-state index is 13.0. The average molecular weight is 430 g/mol. The van der Waals surface area contributed by atoms with Gasteiger partial charge in [-0.05, 0) is 55.9 Å². The van der Waals surface area contributed by atoms with E-state index in [1.165, 1.54) is 16.2 Å². The minimum atomic E-state index is -0.362. The molecule has 7 heteroatoms. The molecule has 1 aliphatic carbocycles. The van der Waals surface area contributed by atoms with Gasteiger partial charge in [-0.3, -0.25) is 4.79 Å². The Labute approximate surface area is 180 Å². The molecule has 1 amide bonds. The minimum Gasteiger partial charge on any atom is -0.490 e. The van der Waals surface area contributed by atoms with Crippen molar-refractivity contribution in [2.45, 2.75) is 46.0 Å². The predicted molar refractivity (Wildman–Crippen MR) is 116 cm³/mol. The molecule has 0 saturated heterocycles. The summed E-state index contributed by atoms with van der Waals surface area (Å²) in [4.78, 5) is 26.9. The van der Waals surface area contributed by atoms with Crippen molar-refractivity contribution in [1.82, 2.24) is 0 Å². The standard InChI is InChI=1S/C23H27NO5S/c1-3-14-6-8-16-19(12-14)30-22(20(16)23(26)27-4-2)24-21(25)15-7-9-17-18(13-15)29-11-5-10-28-17/h7,9,13-14H,3-6,8,10-12H2,1-2H3,(H,24,25)/t14-/m1/s1. The smallest absolute Gasteiger partial charge is 0.341 e. The van der Waals surface area contributed by atoms with Gasteiger partial charge in [0.1, 0.15) is 5.00 Å². The number of ether oxygens (including phenoxy) is 3. The van der Waals surface area contributed by atoms with Gasteiger partial charge in [0.2, 0.25) is 0 Å². The van der Waals surface area contributed by atoms with Crippen molar-refractivity contribution in [2.24, 2.45) is 5.92 Å². The van der Waals surface area contributed by atoms with Crippen LogP contribution in [0.3, 0.4) is 0 Å². The van der Waals surface area contributed by atoms with Crippen molar-refractivity contribution in [2.75, 3.05) is 25.1 Å². The summed E-state index contributed by atoms with van der Waals surface area (Å²) >= 11 is 1.50. The molecule has 0 bridgehead atoms. The molecule has 1 atom stereocenters. The molecular formula is C23H27NO5S. The van der Waals surface area contributed by atoms with E-state index >= 15 is 0 Å². The third-order valence-electron chi connectivity index (χ3n) is 5.66. The van der Waals surface area contributed by atoms with E-state index in [1.807, 2.05) is 0 Å². The Morgan fingerprint density at radius 2 is 2.00 bits per heavy atom. The Morgan fingerprint density at radius 1 is 1.20 bits per heavy atom. The van der Waals surface area contributed by atoms with Crippen molar-refractivity contribution in [3.8, 4) is 11.5 Å². The minimum absolute atomic E-state index is 0.276. The number of amides is 1. The van der Waals surface area contributed by atoms with Crippen LogP contribution < -0.4 is 14.8 Å². The molecule has 1 aromatic heterocycles. The highest BCUT2D eigenvalue weighted by atomic mass is 32.1. The van der Waals surface area contributed by atoms with E-state index in [-0.39, 0.29) is 11.9 Å². The largest absolute Gasteiger partial charge is 0.490 e. The summed E-state index contributed by atoms with van der Waals surface area (Å²) in [5.74, 6) is 1.20. The van der Waals surface area contributed by atoms with E-state index in [0.717, 1.165) is 37.7 Å². The molecule has 4 rings (SSSR count). The van der Waals surface area contributed by atoms with Crippen molar-refractivity contribution in [3.63, 3.8) is 0 Å². The zero-order valence-corrected chi connectivity index (χ0v) is 18.2. The van der Waals surface area contributed by atoms with E-state index in [1.54, 1.807) is 25.1 Å². The molecule has 30 heavy (non-hydrogen) atoms. The maximum absolute atomic E-state index is 13.0. The molecule has 160 valence electrons. The summed E-state index contributed by atoms with van der Waals surface area (Å²) in [6.45, 7) is 5.45. The molecule has 1 aromatic carbocycles. The van der Waals surface area contributed by atoms with E-state index in [9.17, 15) is 9.59 Å². The first-order valence-corrected chi connectivity index (χ1v) is 11.4. The quantitative estimate of drug-likeness (QED) is 0.688. The van der Waals surface area contributed by atoms with Gasteiger partial charge in [-0.1, -0.05) is 13.3 Å². The molecule has 0 spiro atoms. The van der Waals surface area contributed by atoms with Crippen molar-refractivity contribution in [3.05, 3.63) is 39.8 Å². The van der Waals surface area contributed by atoms with Crippen LogP contribution in [-0.2, 0) is 17.6 Å². The highest BCUT2D eigenvalue weighted by Crippen LogP contribution is 2.41. The topological polar surface area (TPSA) is 73.9 Å². The second-order valence-corrected chi connectivity index (χ2v) is 8.72. The number of hydrogen-bond acceptors (Lipinski definition) is 6. The lowest BCUT2D eigenvalue weighted by molar-refractivity contribution is 0.0526.